The van der Waals surface area contributed by atoms with Gasteiger partial charge in [-0.2, -0.15) is 0 Å². The molecule has 0 unspecified atom stereocenters. The molecule has 4 aromatic rings. The Morgan fingerprint density at radius 2 is 1.97 bits per heavy atom. The maximum absolute atomic E-state index is 12.6. The van der Waals surface area contributed by atoms with E-state index < -0.39 is 0 Å². The van der Waals surface area contributed by atoms with Crippen molar-refractivity contribution >= 4 is 40.8 Å². The Hall–Kier alpha value is -4.16. The third kappa shape index (κ3) is 4.63. The number of halogens is 1. The van der Waals surface area contributed by atoms with Crippen LogP contribution in [0.1, 0.15) is 27.4 Å². The highest BCUT2D eigenvalue weighted by atomic mass is 35.5. The minimum absolute atomic E-state index is 0.164. The molecule has 34 heavy (non-hydrogen) atoms. The number of carbonyl (C=O) groups is 2. The number of carbonyl (C=O) groups excluding carboxylic acids is 2. The minimum atomic E-state index is -0.209. The Morgan fingerprint density at radius 3 is 2.82 bits per heavy atom. The monoisotopic (exact) mass is 469 g/mol. The molecule has 3 heterocycles. The topological polar surface area (TPSA) is 84.2 Å². The normalized spacial score (nSPS) is 13.6. The molecule has 2 aromatic heterocycles. The average molecular weight is 470 g/mol. The fraction of sp³-hybridized carbons (Fsp3) is 0.0741. The molecule has 0 aliphatic carbocycles. The zero-order valence-electron chi connectivity index (χ0n) is 18.0. The summed E-state index contributed by atoms with van der Waals surface area (Å²) in [5.74, 6) is 0.750. The summed E-state index contributed by atoms with van der Waals surface area (Å²) < 4.78 is 5.97. The first kappa shape index (κ1) is 21.7. The first-order valence-electron chi connectivity index (χ1n) is 10.8. The van der Waals surface area contributed by atoms with E-state index in [-0.39, 0.29) is 11.8 Å². The molecule has 2 aromatic carbocycles. The molecule has 5 rings (SSSR count). The number of aromatic nitrogens is 1. The number of nitrogens with one attached hydrogen (secondary N) is 2. The highest BCUT2D eigenvalue weighted by molar-refractivity contribution is 6.36. The number of fused-ring (bicyclic) bond motifs is 1. The number of hydrogen-bond donors (Lipinski definition) is 2. The van der Waals surface area contributed by atoms with Crippen LogP contribution in [0.15, 0.2) is 83.4 Å². The second kappa shape index (κ2) is 9.37. The van der Waals surface area contributed by atoms with E-state index >= 15 is 0 Å². The number of anilines is 1. The Kier molecular flexibility index (Phi) is 5.97. The lowest BCUT2D eigenvalue weighted by Gasteiger charge is -2.06. The van der Waals surface area contributed by atoms with Crippen LogP contribution in [-0.2, 0) is 11.2 Å². The van der Waals surface area contributed by atoms with Gasteiger partial charge in [0, 0.05) is 52.3 Å². The molecule has 2 amide bonds. The van der Waals surface area contributed by atoms with Crippen molar-refractivity contribution in [2.24, 2.45) is 0 Å². The molecule has 1 aliphatic rings. The number of hydrogen-bond acceptors (Lipinski definition) is 4. The van der Waals surface area contributed by atoms with Crippen LogP contribution in [0, 0.1) is 0 Å². The van der Waals surface area contributed by atoms with E-state index in [1.807, 2.05) is 36.4 Å². The summed E-state index contributed by atoms with van der Waals surface area (Å²) in [5.41, 5.74) is 4.16. The van der Waals surface area contributed by atoms with Gasteiger partial charge in [0.05, 0.1) is 5.57 Å². The van der Waals surface area contributed by atoms with Gasteiger partial charge in [-0.3, -0.25) is 14.6 Å². The Morgan fingerprint density at radius 1 is 1.06 bits per heavy atom. The second-order valence-electron chi connectivity index (χ2n) is 7.81. The molecule has 0 spiro atoms. The summed E-state index contributed by atoms with van der Waals surface area (Å²) in [6.45, 7) is 0.492. The smallest absolute Gasteiger partial charge is 0.256 e. The fourth-order valence-electron chi connectivity index (χ4n) is 3.80. The van der Waals surface area contributed by atoms with Crippen LogP contribution < -0.4 is 10.6 Å². The molecule has 0 saturated carbocycles. The maximum Gasteiger partial charge on any atom is 0.256 e. The summed E-state index contributed by atoms with van der Waals surface area (Å²) in [5, 5.41) is 6.30. The van der Waals surface area contributed by atoms with E-state index in [1.54, 1.807) is 48.7 Å². The molecule has 1 aliphatic heterocycles. The predicted octanol–water partition coefficient (Wildman–Crippen LogP) is 5.46. The lowest BCUT2D eigenvalue weighted by molar-refractivity contribution is -0.110. The van der Waals surface area contributed by atoms with Crippen LogP contribution in [0.5, 0.6) is 0 Å². The third-order valence-corrected chi connectivity index (χ3v) is 5.72. The van der Waals surface area contributed by atoms with E-state index in [1.165, 1.54) is 0 Å². The Bertz CT molecular complexity index is 1410. The van der Waals surface area contributed by atoms with E-state index in [0.717, 1.165) is 16.8 Å². The molecule has 6 nitrogen and oxygen atoms in total. The van der Waals surface area contributed by atoms with Crippen molar-refractivity contribution in [1.82, 2.24) is 10.3 Å². The summed E-state index contributed by atoms with van der Waals surface area (Å²) in [6, 6.07) is 21.8. The van der Waals surface area contributed by atoms with Crippen LogP contribution in [-0.4, -0.2) is 23.3 Å². The summed E-state index contributed by atoms with van der Waals surface area (Å²) in [4.78, 5) is 29.3. The van der Waals surface area contributed by atoms with Crippen molar-refractivity contribution in [3.05, 3.63) is 107 Å². The van der Waals surface area contributed by atoms with Crippen molar-refractivity contribution in [2.45, 2.75) is 6.42 Å². The lowest BCUT2D eigenvalue weighted by Crippen LogP contribution is -2.25. The first-order chi connectivity index (χ1) is 16.6. The Labute approximate surface area is 201 Å². The average Bonchev–Trinajstić information content (AvgIpc) is 3.44. The van der Waals surface area contributed by atoms with Gasteiger partial charge >= 0.3 is 0 Å². The Balaban J connectivity index is 1.31. The van der Waals surface area contributed by atoms with Crippen molar-refractivity contribution in [3.63, 3.8) is 0 Å². The van der Waals surface area contributed by atoms with Crippen molar-refractivity contribution in [2.75, 3.05) is 11.9 Å². The molecule has 0 fully saturated rings. The second-order valence-corrected chi connectivity index (χ2v) is 8.25. The zero-order valence-corrected chi connectivity index (χ0v) is 18.8. The molecule has 0 bridgehead atoms. The predicted molar refractivity (Wildman–Crippen MR) is 132 cm³/mol. The van der Waals surface area contributed by atoms with Gasteiger partial charge in [-0.05, 0) is 60.7 Å². The van der Waals surface area contributed by atoms with Crippen LogP contribution in [0.3, 0.4) is 0 Å². The largest absolute Gasteiger partial charge is 0.457 e. The standard InChI is InChI=1S/C27H20ClN3O3/c28-19-7-9-24-22(15-19)23(27(33)31-24)16-21-8-10-25(34-21)17-4-3-5-18(14-17)26(32)30-13-11-20-6-1-2-12-29-20/h1-10,12,14-16H,11,13H2,(H,30,32)(H,31,33)/b23-16+. The van der Waals surface area contributed by atoms with Crippen LogP contribution in [0.4, 0.5) is 5.69 Å². The van der Waals surface area contributed by atoms with Gasteiger partial charge in [0.15, 0.2) is 0 Å². The first-order valence-corrected chi connectivity index (χ1v) is 11.2. The quantitative estimate of drug-likeness (QED) is 0.367. The SMILES string of the molecule is O=C1Nc2ccc(Cl)cc2/C1=C\c1ccc(-c2cccc(C(=O)NCCc3ccccn3)c2)o1. The maximum atomic E-state index is 12.6. The van der Waals surface area contributed by atoms with E-state index in [2.05, 4.69) is 15.6 Å². The van der Waals surface area contributed by atoms with Crippen LogP contribution in [0.25, 0.3) is 23.0 Å². The summed E-state index contributed by atoms with van der Waals surface area (Å²) in [6.07, 6.45) is 4.08. The molecule has 0 radical (unpaired) electrons. The van der Waals surface area contributed by atoms with Gasteiger partial charge in [0.1, 0.15) is 11.5 Å². The number of pyridine rings is 1. The number of nitrogens with zero attached hydrogens (tertiary/aromatic N) is 1. The highest BCUT2D eigenvalue weighted by Gasteiger charge is 2.24. The number of benzene rings is 2. The zero-order chi connectivity index (χ0) is 23.5. The van der Waals surface area contributed by atoms with Gasteiger partial charge < -0.3 is 15.1 Å². The van der Waals surface area contributed by atoms with Gasteiger partial charge in [-0.15, -0.1) is 0 Å². The van der Waals surface area contributed by atoms with E-state index in [4.69, 9.17) is 16.0 Å². The van der Waals surface area contributed by atoms with Gasteiger partial charge in [-0.25, -0.2) is 0 Å². The minimum Gasteiger partial charge on any atom is -0.457 e. The molecule has 2 N–H and O–H groups in total. The van der Waals surface area contributed by atoms with Crippen LogP contribution in [0.2, 0.25) is 5.02 Å². The van der Waals surface area contributed by atoms with Gasteiger partial charge in [-0.1, -0.05) is 29.8 Å². The molecule has 7 heteroatoms. The molecule has 168 valence electrons. The van der Waals surface area contributed by atoms with E-state index in [0.29, 0.717) is 46.3 Å². The number of amides is 2. The number of rotatable bonds is 6. The van der Waals surface area contributed by atoms with Gasteiger partial charge in [0.2, 0.25) is 0 Å². The summed E-state index contributed by atoms with van der Waals surface area (Å²) in [7, 11) is 0. The molecule has 0 saturated heterocycles. The number of furan rings is 1. The molecular formula is C27H20ClN3O3. The third-order valence-electron chi connectivity index (χ3n) is 5.48. The molecular weight excluding hydrogens is 450 g/mol. The summed E-state index contributed by atoms with van der Waals surface area (Å²) >= 11 is 6.10. The van der Waals surface area contributed by atoms with Gasteiger partial charge in [0.25, 0.3) is 11.8 Å². The van der Waals surface area contributed by atoms with Crippen LogP contribution >= 0.6 is 11.6 Å². The van der Waals surface area contributed by atoms with Crippen molar-refractivity contribution in [3.8, 4) is 11.3 Å². The fourth-order valence-corrected chi connectivity index (χ4v) is 3.97. The van der Waals surface area contributed by atoms with E-state index in [9.17, 15) is 9.59 Å². The molecule has 0 atom stereocenters. The highest BCUT2D eigenvalue weighted by Crippen LogP contribution is 2.35. The van der Waals surface area contributed by atoms with Crippen molar-refractivity contribution < 1.29 is 14.0 Å². The van der Waals surface area contributed by atoms with Crippen molar-refractivity contribution in [1.29, 1.82) is 0 Å². The lowest BCUT2D eigenvalue weighted by atomic mass is 10.1.